The Morgan fingerprint density at radius 3 is 2.44 bits per heavy atom. The monoisotopic (exact) mass is 475 g/mol. The van der Waals surface area contributed by atoms with E-state index in [9.17, 15) is 18.0 Å². The number of nitrogens with zero attached hydrogens (tertiary/aromatic N) is 2. The van der Waals surface area contributed by atoms with Gasteiger partial charge in [0.25, 0.3) is 0 Å². The lowest BCUT2D eigenvalue weighted by Crippen LogP contribution is -2.42. The predicted molar refractivity (Wildman–Crippen MR) is 126 cm³/mol. The molecule has 1 aliphatic rings. The number of fused-ring (bicyclic) bond motifs is 1. The number of para-hydroxylation sites is 1. The van der Waals surface area contributed by atoms with Gasteiger partial charge in [0.1, 0.15) is 11.6 Å². The SMILES string of the molecule is Cc1cc(NC(=O)NC2CCC(Nc3cc(N(C)C)c4ccccc4n3)CC2)c(C(F)(F)F)o1. The molecule has 0 atom stereocenters. The molecule has 7 nitrogen and oxygen atoms in total. The number of carbonyl (C=O) groups excluding carboxylic acids is 1. The van der Waals surface area contributed by atoms with Crippen molar-refractivity contribution in [1.82, 2.24) is 10.3 Å². The van der Waals surface area contributed by atoms with E-state index >= 15 is 0 Å². The normalized spacial score (nSPS) is 18.5. The molecular weight excluding hydrogens is 447 g/mol. The summed E-state index contributed by atoms with van der Waals surface area (Å²) < 4.78 is 43.9. The maximum absolute atomic E-state index is 13.1. The van der Waals surface area contributed by atoms with E-state index in [-0.39, 0.29) is 23.5 Å². The van der Waals surface area contributed by atoms with Gasteiger partial charge in [0.2, 0.25) is 5.76 Å². The number of pyridine rings is 1. The summed E-state index contributed by atoms with van der Waals surface area (Å²) in [7, 11) is 3.99. The number of amides is 2. The highest BCUT2D eigenvalue weighted by molar-refractivity contribution is 5.93. The third kappa shape index (κ3) is 5.37. The molecule has 2 aromatic heterocycles. The molecule has 0 radical (unpaired) electrons. The molecule has 4 rings (SSSR count). The van der Waals surface area contributed by atoms with Crippen molar-refractivity contribution in [2.24, 2.45) is 0 Å². The van der Waals surface area contributed by atoms with Crippen molar-refractivity contribution in [2.45, 2.75) is 50.9 Å². The first-order valence-electron chi connectivity index (χ1n) is 11.2. The molecule has 1 saturated carbocycles. The van der Waals surface area contributed by atoms with Gasteiger partial charge in [0.15, 0.2) is 0 Å². The lowest BCUT2D eigenvalue weighted by Gasteiger charge is -2.30. The largest absolute Gasteiger partial charge is 0.455 e. The van der Waals surface area contributed by atoms with Gasteiger partial charge in [0.05, 0.1) is 11.2 Å². The van der Waals surface area contributed by atoms with Crippen LogP contribution in [0.1, 0.15) is 37.2 Å². The van der Waals surface area contributed by atoms with E-state index in [0.29, 0.717) is 12.8 Å². The molecule has 3 N–H and O–H groups in total. The molecule has 3 aromatic rings. The minimum Gasteiger partial charge on any atom is -0.455 e. The van der Waals surface area contributed by atoms with Crippen LogP contribution < -0.4 is 20.9 Å². The summed E-state index contributed by atoms with van der Waals surface area (Å²) in [5.41, 5.74) is 1.61. The highest BCUT2D eigenvalue weighted by Gasteiger charge is 2.39. The van der Waals surface area contributed by atoms with Crippen molar-refractivity contribution in [3.8, 4) is 0 Å². The number of aromatic nitrogens is 1. The molecule has 0 bridgehead atoms. The summed E-state index contributed by atoms with van der Waals surface area (Å²) in [4.78, 5) is 19.1. The van der Waals surface area contributed by atoms with Crippen LogP contribution in [0.25, 0.3) is 10.9 Å². The predicted octanol–water partition coefficient (Wildman–Crippen LogP) is 5.77. The molecule has 34 heavy (non-hydrogen) atoms. The number of halogens is 3. The Kier molecular flexibility index (Phi) is 6.58. The summed E-state index contributed by atoms with van der Waals surface area (Å²) in [5, 5.41) is 9.64. The van der Waals surface area contributed by atoms with Gasteiger partial charge >= 0.3 is 12.2 Å². The fourth-order valence-electron chi connectivity index (χ4n) is 4.35. The van der Waals surface area contributed by atoms with Crippen molar-refractivity contribution in [3.63, 3.8) is 0 Å². The number of aryl methyl sites for hydroxylation is 1. The van der Waals surface area contributed by atoms with Gasteiger partial charge < -0.3 is 25.3 Å². The van der Waals surface area contributed by atoms with E-state index in [1.165, 1.54) is 13.0 Å². The second-order valence-electron chi connectivity index (χ2n) is 8.83. The second kappa shape index (κ2) is 9.44. The number of hydrogen-bond donors (Lipinski definition) is 3. The van der Waals surface area contributed by atoms with Crippen molar-refractivity contribution < 1.29 is 22.4 Å². The van der Waals surface area contributed by atoms with Gasteiger partial charge in [-0.25, -0.2) is 9.78 Å². The van der Waals surface area contributed by atoms with Gasteiger partial charge in [-0.05, 0) is 38.7 Å². The second-order valence-corrected chi connectivity index (χ2v) is 8.83. The van der Waals surface area contributed by atoms with Crippen LogP contribution in [-0.2, 0) is 6.18 Å². The lowest BCUT2D eigenvalue weighted by molar-refractivity contribution is -0.152. The number of anilines is 3. The average Bonchev–Trinajstić information content (AvgIpc) is 3.15. The zero-order valence-electron chi connectivity index (χ0n) is 19.3. The molecule has 2 heterocycles. The Morgan fingerprint density at radius 2 is 1.76 bits per heavy atom. The number of furan rings is 1. The van der Waals surface area contributed by atoms with Gasteiger partial charge in [-0.3, -0.25) is 0 Å². The molecule has 1 fully saturated rings. The van der Waals surface area contributed by atoms with E-state index in [2.05, 4.69) is 20.9 Å². The van der Waals surface area contributed by atoms with Crippen LogP contribution in [0.3, 0.4) is 0 Å². The van der Waals surface area contributed by atoms with Crippen molar-refractivity contribution in [1.29, 1.82) is 0 Å². The molecule has 0 aliphatic heterocycles. The van der Waals surface area contributed by atoms with Crippen LogP contribution >= 0.6 is 0 Å². The zero-order chi connectivity index (χ0) is 24.5. The Morgan fingerprint density at radius 1 is 1.09 bits per heavy atom. The fourth-order valence-corrected chi connectivity index (χ4v) is 4.35. The quantitative estimate of drug-likeness (QED) is 0.437. The van der Waals surface area contributed by atoms with E-state index in [1.54, 1.807) is 0 Å². The highest BCUT2D eigenvalue weighted by atomic mass is 19.4. The van der Waals surface area contributed by atoms with Crippen LogP contribution in [0.5, 0.6) is 0 Å². The van der Waals surface area contributed by atoms with Gasteiger partial charge in [-0.15, -0.1) is 0 Å². The highest BCUT2D eigenvalue weighted by Crippen LogP contribution is 2.37. The fraction of sp³-hybridized carbons (Fsp3) is 0.417. The summed E-state index contributed by atoms with van der Waals surface area (Å²) >= 11 is 0. The maximum atomic E-state index is 13.1. The molecule has 0 unspecified atom stereocenters. The van der Waals surface area contributed by atoms with Crippen LogP contribution in [-0.4, -0.2) is 37.2 Å². The van der Waals surface area contributed by atoms with Crippen LogP contribution in [0.15, 0.2) is 40.8 Å². The molecule has 1 aromatic carbocycles. The molecule has 182 valence electrons. The minimum absolute atomic E-state index is 0.0777. The first kappa shape index (κ1) is 23.7. The van der Waals surface area contributed by atoms with E-state index in [1.807, 2.05) is 44.4 Å². The molecule has 10 heteroatoms. The van der Waals surface area contributed by atoms with Crippen molar-refractivity contribution in [2.75, 3.05) is 29.6 Å². The Bertz CT molecular complexity index is 1170. The number of urea groups is 1. The van der Waals surface area contributed by atoms with Crippen molar-refractivity contribution in [3.05, 3.63) is 47.9 Å². The van der Waals surface area contributed by atoms with E-state index in [0.717, 1.165) is 35.2 Å². The molecule has 0 spiro atoms. The summed E-state index contributed by atoms with van der Waals surface area (Å²) in [6.07, 6.45) is -1.67. The molecular formula is C24H28F3N5O2. The lowest BCUT2D eigenvalue weighted by atomic mass is 9.91. The third-order valence-electron chi connectivity index (χ3n) is 5.95. The molecule has 0 saturated heterocycles. The van der Waals surface area contributed by atoms with Gasteiger partial charge in [-0.1, -0.05) is 18.2 Å². The minimum atomic E-state index is -4.68. The number of hydrogen-bond acceptors (Lipinski definition) is 5. The van der Waals surface area contributed by atoms with Crippen LogP contribution in [0.2, 0.25) is 0 Å². The topological polar surface area (TPSA) is 82.4 Å². The first-order chi connectivity index (χ1) is 16.1. The molecule has 2 amide bonds. The van der Waals surface area contributed by atoms with Crippen molar-refractivity contribution >= 4 is 34.1 Å². The number of carbonyl (C=O) groups is 1. The number of alkyl halides is 3. The summed E-state index contributed by atoms with van der Waals surface area (Å²) in [6.45, 7) is 1.40. The Hall–Kier alpha value is -3.43. The van der Waals surface area contributed by atoms with Crippen LogP contribution in [0.4, 0.5) is 35.2 Å². The Balaban J connectivity index is 1.33. The van der Waals surface area contributed by atoms with E-state index in [4.69, 9.17) is 9.40 Å². The van der Waals surface area contributed by atoms with Gasteiger partial charge in [0, 0.05) is 49.4 Å². The Labute approximate surface area is 195 Å². The standard InChI is InChI=1S/C24H28F3N5O2/c1-14-12-19(22(34-14)24(25,26)27)31-23(33)29-16-10-8-15(9-11-16)28-21-13-20(32(2)3)17-6-4-5-7-18(17)30-21/h4-7,12-13,15-16H,8-11H2,1-3H3,(H,28,30)(H2,29,31,33). The third-order valence-corrected chi connectivity index (χ3v) is 5.95. The number of nitrogens with one attached hydrogen (secondary N) is 3. The smallest absolute Gasteiger partial charge is 0.451 e. The first-order valence-corrected chi connectivity index (χ1v) is 11.2. The molecule has 1 aliphatic carbocycles. The average molecular weight is 476 g/mol. The number of rotatable bonds is 5. The zero-order valence-corrected chi connectivity index (χ0v) is 19.3. The van der Waals surface area contributed by atoms with Gasteiger partial charge in [-0.2, -0.15) is 13.2 Å². The number of benzene rings is 1. The maximum Gasteiger partial charge on any atom is 0.451 e. The van der Waals surface area contributed by atoms with Crippen LogP contribution in [0, 0.1) is 6.92 Å². The summed E-state index contributed by atoms with van der Waals surface area (Å²) in [5.74, 6) is -0.325. The summed E-state index contributed by atoms with van der Waals surface area (Å²) in [6, 6.07) is 10.6. The van der Waals surface area contributed by atoms with E-state index < -0.39 is 18.0 Å².